The molecule has 1 aliphatic rings. The second kappa shape index (κ2) is 6.34. The topological polar surface area (TPSA) is 20.3 Å². The minimum Gasteiger partial charge on any atom is -0.278 e. The fourth-order valence-corrected chi connectivity index (χ4v) is 4.17. The zero-order valence-corrected chi connectivity index (χ0v) is 13.9. The number of carbonyl (C=O) groups is 1. The minimum atomic E-state index is -0.0932. The van der Waals surface area contributed by atoms with Crippen LogP contribution in [0.4, 0.5) is 11.4 Å². The lowest BCUT2D eigenvalue weighted by Crippen LogP contribution is -2.29. The van der Waals surface area contributed by atoms with Crippen LogP contribution in [0.3, 0.4) is 0 Å². The van der Waals surface area contributed by atoms with E-state index in [1.807, 2.05) is 24.3 Å². The van der Waals surface area contributed by atoms with E-state index in [2.05, 4.69) is 25.1 Å². The van der Waals surface area contributed by atoms with E-state index < -0.39 is 0 Å². The number of anilines is 2. The predicted molar refractivity (Wildman–Crippen MR) is 91.3 cm³/mol. The summed E-state index contributed by atoms with van der Waals surface area (Å²) in [6, 6.07) is 14.2. The molecule has 0 unspecified atom stereocenters. The van der Waals surface area contributed by atoms with Gasteiger partial charge in [0.05, 0.1) is 11.4 Å². The highest BCUT2D eigenvalue weighted by Crippen LogP contribution is 2.49. The minimum absolute atomic E-state index is 0.0242. The number of amides is 1. The van der Waals surface area contributed by atoms with E-state index in [0.29, 0.717) is 0 Å². The second-order valence-corrected chi connectivity index (χ2v) is 7.18. The first kappa shape index (κ1) is 14.8. The van der Waals surface area contributed by atoms with E-state index in [-0.39, 0.29) is 11.8 Å². The number of hydrogen-bond acceptors (Lipinski definition) is 3. The molecule has 21 heavy (non-hydrogen) atoms. The number of hydrogen-bond donors (Lipinski definition) is 0. The zero-order chi connectivity index (χ0) is 14.8. The molecule has 0 aromatic heterocycles. The molecular formula is C16H14ClNOS2. The van der Waals surface area contributed by atoms with Gasteiger partial charge in [0.2, 0.25) is 5.91 Å². The van der Waals surface area contributed by atoms with E-state index in [0.717, 1.165) is 26.9 Å². The van der Waals surface area contributed by atoms with Gasteiger partial charge in [-0.25, -0.2) is 0 Å². The summed E-state index contributed by atoms with van der Waals surface area (Å²) in [5, 5.41) is 0. The molecule has 0 bridgehead atoms. The average Bonchev–Trinajstić information content (AvgIpc) is 2.52. The predicted octanol–water partition coefficient (Wildman–Crippen LogP) is 5.17. The maximum absolute atomic E-state index is 12.3. The Kier molecular flexibility index (Phi) is 4.48. The van der Waals surface area contributed by atoms with Crippen molar-refractivity contribution in [3.63, 3.8) is 0 Å². The van der Waals surface area contributed by atoms with Crippen LogP contribution in [0.5, 0.6) is 0 Å². The van der Waals surface area contributed by atoms with Gasteiger partial charge in [-0.2, -0.15) is 0 Å². The lowest BCUT2D eigenvalue weighted by Gasteiger charge is -2.31. The van der Waals surface area contributed by atoms with Crippen LogP contribution in [0.2, 0.25) is 0 Å². The first-order valence-electron chi connectivity index (χ1n) is 6.67. The molecule has 0 fully saturated rings. The first-order valence-corrected chi connectivity index (χ1v) is 9.01. The lowest BCUT2D eigenvalue weighted by molar-refractivity contribution is -0.115. The van der Waals surface area contributed by atoms with Gasteiger partial charge < -0.3 is 0 Å². The molecule has 108 valence electrons. The molecule has 5 heteroatoms. The number of nitrogens with zero attached hydrogens (tertiary/aromatic N) is 1. The zero-order valence-electron chi connectivity index (χ0n) is 11.5. The van der Waals surface area contributed by atoms with Crippen molar-refractivity contribution >= 4 is 52.4 Å². The molecule has 1 amide bonds. The van der Waals surface area contributed by atoms with Crippen LogP contribution in [0.25, 0.3) is 0 Å². The Bertz CT molecular complexity index is 690. The standard InChI is InChI=1S/C16H14ClNOS2/c1-2-20-11-7-8-15-13(9-11)18(16(19)10-17)12-5-3-4-6-14(12)21-15/h3-9H,2,10H2,1H3. The Hall–Kier alpha value is -1.10. The fraction of sp³-hybridized carbons (Fsp3) is 0.188. The molecule has 0 radical (unpaired) electrons. The van der Waals surface area contributed by atoms with E-state index >= 15 is 0 Å². The number of rotatable bonds is 3. The van der Waals surface area contributed by atoms with Crippen molar-refractivity contribution in [2.24, 2.45) is 0 Å². The molecule has 1 heterocycles. The van der Waals surface area contributed by atoms with E-state index in [9.17, 15) is 4.79 Å². The van der Waals surface area contributed by atoms with Gasteiger partial charge in [0.25, 0.3) is 0 Å². The number of thioether (sulfide) groups is 1. The van der Waals surface area contributed by atoms with Crippen LogP contribution in [-0.4, -0.2) is 17.5 Å². The molecule has 2 nitrogen and oxygen atoms in total. The van der Waals surface area contributed by atoms with E-state index in [4.69, 9.17) is 11.6 Å². The maximum Gasteiger partial charge on any atom is 0.246 e. The number of benzene rings is 2. The molecular weight excluding hydrogens is 322 g/mol. The third kappa shape index (κ3) is 2.80. The Balaban J connectivity index is 2.13. The van der Waals surface area contributed by atoms with Gasteiger partial charge in [0.1, 0.15) is 5.88 Å². The average molecular weight is 336 g/mol. The third-order valence-electron chi connectivity index (χ3n) is 3.17. The Morgan fingerprint density at radius 1 is 1.19 bits per heavy atom. The number of carbonyl (C=O) groups excluding carboxylic acids is 1. The van der Waals surface area contributed by atoms with Gasteiger partial charge in [0.15, 0.2) is 0 Å². The third-order valence-corrected chi connectivity index (χ3v) is 5.41. The van der Waals surface area contributed by atoms with Crippen LogP contribution in [-0.2, 0) is 4.79 Å². The molecule has 0 saturated heterocycles. The van der Waals surface area contributed by atoms with Crippen molar-refractivity contribution < 1.29 is 4.79 Å². The summed E-state index contributed by atoms with van der Waals surface area (Å²) in [7, 11) is 0. The molecule has 0 saturated carbocycles. The number of halogens is 1. The Labute approximate surface area is 137 Å². The van der Waals surface area contributed by atoms with Gasteiger partial charge in [-0.1, -0.05) is 30.8 Å². The summed E-state index contributed by atoms with van der Waals surface area (Å²) >= 11 is 9.28. The molecule has 1 aliphatic heterocycles. The molecule has 2 aromatic rings. The van der Waals surface area contributed by atoms with Crippen molar-refractivity contribution in [2.75, 3.05) is 16.5 Å². The van der Waals surface area contributed by atoms with Crippen LogP contribution in [0, 0.1) is 0 Å². The van der Waals surface area contributed by atoms with Crippen LogP contribution < -0.4 is 4.90 Å². The number of para-hydroxylation sites is 1. The molecule has 2 aromatic carbocycles. The van der Waals surface area contributed by atoms with Crippen LogP contribution in [0.15, 0.2) is 57.2 Å². The van der Waals surface area contributed by atoms with Crippen molar-refractivity contribution in [1.82, 2.24) is 0 Å². The maximum atomic E-state index is 12.3. The Morgan fingerprint density at radius 3 is 2.71 bits per heavy atom. The highest BCUT2D eigenvalue weighted by molar-refractivity contribution is 8.00. The van der Waals surface area contributed by atoms with E-state index in [1.54, 1.807) is 28.4 Å². The second-order valence-electron chi connectivity index (χ2n) is 4.50. The quantitative estimate of drug-likeness (QED) is 0.570. The normalized spacial score (nSPS) is 12.8. The number of fused-ring (bicyclic) bond motifs is 2. The molecule has 0 spiro atoms. The summed E-state index contributed by atoms with van der Waals surface area (Å²) in [6.45, 7) is 2.12. The summed E-state index contributed by atoms with van der Waals surface area (Å²) < 4.78 is 0. The van der Waals surface area contributed by atoms with Crippen molar-refractivity contribution in [3.8, 4) is 0 Å². The Morgan fingerprint density at radius 2 is 1.95 bits per heavy atom. The van der Waals surface area contributed by atoms with Crippen LogP contribution >= 0.6 is 35.1 Å². The molecule has 0 N–H and O–H groups in total. The summed E-state index contributed by atoms with van der Waals surface area (Å²) in [6.07, 6.45) is 0. The van der Waals surface area contributed by atoms with Crippen molar-refractivity contribution in [2.45, 2.75) is 21.6 Å². The van der Waals surface area contributed by atoms with Crippen molar-refractivity contribution in [1.29, 1.82) is 0 Å². The largest absolute Gasteiger partial charge is 0.278 e. The summed E-state index contributed by atoms with van der Waals surface area (Å²) in [5.74, 6) is 0.888. The fourth-order valence-electron chi connectivity index (χ4n) is 2.32. The molecule has 0 atom stereocenters. The van der Waals surface area contributed by atoms with Gasteiger partial charge in [-0.3, -0.25) is 9.69 Å². The SMILES string of the molecule is CCSc1ccc2c(c1)N(C(=O)CCl)c1ccccc1S2. The van der Waals surface area contributed by atoms with Crippen molar-refractivity contribution in [3.05, 3.63) is 42.5 Å². The van der Waals surface area contributed by atoms with E-state index in [1.165, 1.54) is 4.90 Å². The lowest BCUT2D eigenvalue weighted by atomic mass is 10.2. The first-order chi connectivity index (χ1) is 10.2. The highest BCUT2D eigenvalue weighted by atomic mass is 35.5. The molecule has 0 aliphatic carbocycles. The monoisotopic (exact) mass is 335 g/mol. The van der Waals surface area contributed by atoms with Crippen LogP contribution in [0.1, 0.15) is 6.92 Å². The highest BCUT2D eigenvalue weighted by Gasteiger charge is 2.27. The molecule has 3 rings (SSSR count). The van der Waals surface area contributed by atoms with Gasteiger partial charge in [-0.15, -0.1) is 23.4 Å². The van der Waals surface area contributed by atoms with Gasteiger partial charge in [-0.05, 0) is 36.1 Å². The summed E-state index contributed by atoms with van der Waals surface area (Å²) in [4.78, 5) is 17.4. The number of alkyl halides is 1. The van der Waals surface area contributed by atoms with Gasteiger partial charge in [0, 0.05) is 14.7 Å². The van der Waals surface area contributed by atoms with Gasteiger partial charge >= 0.3 is 0 Å². The smallest absolute Gasteiger partial charge is 0.246 e. The summed E-state index contributed by atoms with van der Waals surface area (Å²) in [5.41, 5.74) is 1.85.